The summed E-state index contributed by atoms with van der Waals surface area (Å²) < 4.78 is 13.6. The number of piperidine rings is 1. The molecule has 0 saturated carbocycles. The summed E-state index contributed by atoms with van der Waals surface area (Å²) in [4.78, 5) is 4.20. The molecule has 1 aliphatic heterocycles. The maximum atomic E-state index is 13.6. The summed E-state index contributed by atoms with van der Waals surface area (Å²) >= 11 is 0. The first-order valence-corrected chi connectivity index (χ1v) is 6.34. The lowest BCUT2D eigenvalue weighted by Gasteiger charge is -2.25. The van der Waals surface area contributed by atoms with E-state index in [4.69, 9.17) is 0 Å². The maximum absolute atomic E-state index is 13.6. The fourth-order valence-electron chi connectivity index (χ4n) is 2.45. The smallest absolute Gasteiger partial charge is 0.127 e. The second kappa shape index (κ2) is 6.17. The average molecular weight is 282 g/mol. The highest BCUT2D eigenvalue weighted by Crippen LogP contribution is 2.25. The summed E-state index contributed by atoms with van der Waals surface area (Å²) in [6.07, 6.45) is 3.83. The van der Waals surface area contributed by atoms with Gasteiger partial charge in [-0.1, -0.05) is 0 Å². The van der Waals surface area contributed by atoms with Crippen LogP contribution in [-0.4, -0.2) is 24.1 Å². The van der Waals surface area contributed by atoms with Gasteiger partial charge in [0.15, 0.2) is 0 Å². The van der Waals surface area contributed by atoms with Gasteiger partial charge in [0.1, 0.15) is 5.82 Å². The third-order valence-corrected chi connectivity index (χ3v) is 3.38. The normalized spacial score (nSPS) is 16.1. The van der Waals surface area contributed by atoms with E-state index in [1.54, 1.807) is 12.3 Å². The largest absolute Gasteiger partial charge is 0.382 e. The van der Waals surface area contributed by atoms with Gasteiger partial charge < -0.3 is 10.6 Å². The number of benzene rings is 1. The summed E-state index contributed by atoms with van der Waals surface area (Å²) in [6, 6.07) is 7.31. The average Bonchev–Trinajstić information content (AvgIpc) is 2.40. The first kappa shape index (κ1) is 14.0. The number of pyridine rings is 1. The Bertz CT molecular complexity index is 555. The number of hydrogen-bond donors (Lipinski definition) is 2. The number of fused-ring (bicyclic) bond motifs is 1. The summed E-state index contributed by atoms with van der Waals surface area (Å²) in [5.41, 5.74) is 1.55. The van der Waals surface area contributed by atoms with Crippen LogP contribution in [0.5, 0.6) is 0 Å². The van der Waals surface area contributed by atoms with Crippen molar-refractivity contribution in [2.24, 2.45) is 0 Å². The lowest BCUT2D eigenvalue weighted by Crippen LogP contribution is -2.35. The number of aromatic nitrogens is 1. The number of hydrogen-bond acceptors (Lipinski definition) is 3. The van der Waals surface area contributed by atoms with Gasteiger partial charge in [0.05, 0.1) is 5.52 Å². The van der Waals surface area contributed by atoms with Gasteiger partial charge in [-0.25, -0.2) is 4.39 Å². The minimum Gasteiger partial charge on any atom is -0.382 e. The number of nitrogens with zero attached hydrogens (tertiary/aromatic N) is 1. The molecule has 0 bridgehead atoms. The zero-order valence-corrected chi connectivity index (χ0v) is 11.3. The first-order chi connectivity index (χ1) is 8.83. The van der Waals surface area contributed by atoms with Crippen LogP contribution in [0, 0.1) is 5.82 Å². The number of anilines is 1. The molecule has 0 unspecified atom stereocenters. The van der Waals surface area contributed by atoms with Crippen molar-refractivity contribution in [1.82, 2.24) is 10.3 Å². The molecule has 2 aromatic rings. The molecule has 1 fully saturated rings. The van der Waals surface area contributed by atoms with Crippen molar-refractivity contribution in [3.05, 3.63) is 36.3 Å². The van der Waals surface area contributed by atoms with Crippen LogP contribution in [0.2, 0.25) is 0 Å². The molecule has 1 saturated heterocycles. The lowest BCUT2D eigenvalue weighted by molar-refractivity contribution is 0.479. The second-order valence-electron chi connectivity index (χ2n) is 4.69. The molecule has 5 heteroatoms. The van der Waals surface area contributed by atoms with Gasteiger partial charge in [-0.2, -0.15) is 0 Å². The van der Waals surface area contributed by atoms with Crippen LogP contribution in [-0.2, 0) is 0 Å². The van der Waals surface area contributed by atoms with E-state index in [0.717, 1.165) is 37.0 Å². The van der Waals surface area contributed by atoms with Gasteiger partial charge in [-0.3, -0.25) is 4.98 Å². The van der Waals surface area contributed by atoms with Crippen molar-refractivity contribution in [1.29, 1.82) is 0 Å². The SMILES string of the molecule is Cl.Fc1cc(NC2CCNCC2)c2cccnc2c1. The van der Waals surface area contributed by atoms with Gasteiger partial charge in [0.25, 0.3) is 0 Å². The molecule has 102 valence electrons. The van der Waals surface area contributed by atoms with Crippen molar-refractivity contribution >= 4 is 29.0 Å². The van der Waals surface area contributed by atoms with Crippen molar-refractivity contribution in [2.45, 2.75) is 18.9 Å². The zero-order chi connectivity index (χ0) is 12.4. The Morgan fingerprint density at radius 1 is 1.26 bits per heavy atom. The highest BCUT2D eigenvalue weighted by atomic mass is 35.5. The van der Waals surface area contributed by atoms with E-state index in [9.17, 15) is 4.39 Å². The van der Waals surface area contributed by atoms with Gasteiger partial charge in [-0.05, 0) is 44.1 Å². The molecule has 0 aliphatic carbocycles. The van der Waals surface area contributed by atoms with Crippen molar-refractivity contribution in [3.8, 4) is 0 Å². The molecule has 0 radical (unpaired) electrons. The van der Waals surface area contributed by atoms with E-state index in [1.807, 2.05) is 12.1 Å². The Morgan fingerprint density at radius 2 is 2.05 bits per heavy atom. The zero-order valence-electron chi connectivity index (χ0n) is 10.5. The molecular weight excluding hydrogens is 265 g/mol. The highest BCUT2D eigenvalue weighted by Gasteiger charge is 2.14. The molecule has 2 heterocycles. The Balaban J connectivity index is 0.00000133. The van der Waals surface area contributed by atoms with Crippen LogP contribution in [0.15, 0.2) is 30.5 Å². The standard InChI is InChI=1S/C14H16FN3.ClH/c15-10-8-13-12(2-1-5-17-13)14(9-10)18-11-3-6-16-7-4-11;/h1-2,5,8-9,11,16,18H,3-4,6-7H2;1H. The minimum absolute atomic E-state index is 0. The quantitative estimate of drug-likeness (QED) is 0.889. The van der Waals surface area contributed by atoms with Gasteiger partial charge in [0.2, 0.25) is 0 Å². The van der Waals surface area contributed by atoms with E-state index in [1.165, 1.54) is 6.07 Å². The van der Waals surface area contributed by atoms with Gasteiger partial charge in [-0.15, -0.1) is 12.4 Å². The van der Waals surface area contributed by atoms with Crippen LogP contribution in [0.1, 0.15) is 12.8 Å². The molecule has 1 aliphatic rings. The van der Waals surface area contributed by atoms with Crippen molar-refractivity contribution in [2.75, 3.05) is 18.4 Å². The molecule has 0 amide bonds. The predicted octanol–water partition coefficient (Wildman–Crippen LogP) is 2.96. The number of nitrogens with one attached hydrogen (secondary N) is 2. The first-order valence-electron chi connectivity index (χ1n) is 6.34. The Morgan fingerprint density at radius 3 is 2.84 bits per heavy atom. The molecule has 1 aromatic heterocycles. The predicted molar refractivity (Wildman–Crippen MR) is 78.5 cm³/mol. The van der Waals surface area contributed by atoms with E-state index < -0.39 is 0 Å². The lowest BCUT2D eigenvalue weighted by atomic mass is 10.1. The Kier molecular flexibility index (Phi) is 4.56. The summed E-state index contributed by atoms with van der Waals surface area (Å²) in [7, 11) is 0. The number of halogens is 2. The fraction of sp³-hybridized carbons (Fsp3) is 0.357. The van der Waals surface area contributed by atoms with Gasteiger partial charge >= 0.3 is 0 Å². The van der Waals surface area contributed by atoms with Gasteiger partial charge in [0, 0.05) is 29.4 Å². The summed E-state index contributed by atoms with van der Waals surface area (Å²) in [5.74, 6) is -0.238. The van der Waals surface area contributed by atoms with Crippen LogP contribution >= 0.6 is 12.4 Å². The number of rotatable bonds is 2. The Labute approximate surface area is 118 Å². The molecule has 1 aromatic carbocycles. The Hall–Kier alpha value is -1.39. The highest BCUT2D eigenvalue weighted by molar-refractivity contribution is 5.91. The molecule has 0 spiro atoms. The summed E-state index contributed by atoms with van der Waals surface area (Å²) in [5, 5.41) is 7.75. The fourth-order valence-corrected chi connectivity index (χ4v) is 2.45. The van der Waals surface area contributed by atoms with E-state index >= 15 is 0 Å². The van der Waals surface area contributed by atoms with Crippen molar-refractivity contribution in [3.63, 3.8) is 0 Å². The van der Waals surface area contributed by atoms with Crippen LogP contribution in [0.3, 0.4) is 0 Å². The molecule has 3 rings (SSSR count). The second-order valence-corrected chi connectivity index (χ2v) is 4.69. The van der Waals surface area contributed by atoms with E-state index in [2.05, 4.69) is 15.6 Å². The molecule has 0 atom stereocenters. The minimum atomic E-state index is -0.238. The maximum Gasteiger partial charge on any atom is 0.127 e. The molecular formula is C14H17ClFN3. The molecule has 3 nitrogen and oxygen atoms in total. The topological polar surface area (TPSA) is 37.0 Å². The summed E-state index contributed by atoms with van der Waals surface area (Å²) in [6.45, 7) is 2.03. The molecule has 19 heavy (non-hydrogen) atoms. The third-order valence-electron chi connectivity index (χ3n) is 3.38. The van der Waals surface area contributed by atoms with Crippen LogP contribution in [0.25, 0.3) is 10.9 Å². The van der Waals surface area contributed by atoms with Crippen molar-refractivity contribution < 1.29 is 4.39 Å². The molecule has 2 N–H and O–H groups in total. The van der Waals surface area contributed by atoms with Crippen LogP contribution < -0.4 is 10.6 Å². The van der Waals surface area contributed by atoms with E-state index in [0.29, 0.717) is 11.6 Å². The van der Waals surface area contributed by atoms with E-state index in [-0.39, 0.29) is 18.2 Å². The third kappa shape index (κ3) is 3.14. The van der Waals surface area contributed by atoms with Crippen LogP contribution in [0.4, 0.5) is 10.1 Å². The monoisotopic (exact) mass is 281 g/mol.